The standard InChI is InChI=1S/C36H46N2O7/c1-5-32(39)36(2)20-10-13-26(14-11-21-36)45-35(42)38(4)23-22-37(3)34(41)43-24-12-19-33(40)44-25-31-29-17-8-6-15-27(29)28-16-7-9-18-30(28)31/h6-10,13,15-18,26,31H,5,11-12,14,19-25H2,1-4H3/b13-10+. The van der Waals surface area contributed by atoms with Gasteiger partial charge >= 0.3 is 18.2 Å². The van der Waals surface area contributed by atoms with Gasteiger partial charge in [0.2, 0.25) is 0 Å². The number of amides is 2. The molecule has 0 radical (unpaired) electrons. The third-order valence-corrected chi connectivity index (χ3v) is 8.90. The number of esters is 1. The summed E-state index contributed by atoms with van der Waals surface area (Å²) in [4.78, 5) is 52.7. The molecule has 0 N–H and O–H groups in total. The Morgan fingerprint density at radius 3 is 2.16 bits per heavy atom. The minimum Gasteiger partial charge on any atom is -0.465 e. The van der Waals surface area contributed by atoms with E-state index in [4.69, 9.17) is 14.2 Å². The number of hydrogen-bond donors (Lipinski definition) is 0. The van der Waals surface area contributed by atoms with Crippen LogP contribution in [0.25, 0.3) is 11.1 Å². The van der Waals surface area contributed by atoms with Crippen molar-refractivity contribution in [3.8, 4) is 11.1 Å². The topological polar surface area (TPSA) is 102 Å². The Balaban J connectivity index is 1.11. The van der Waals surface area contributed by atoms with Gasteiger partial charge in [0.1, 0.15) is 18.5 Å². The van der Waals surface area contributed by atoms with Crippen molar-refractivity contribution in [3.05, 3.63) is 71.8 Å². The second kappa shape index (κ2) is 15.7. The maximum absolute atomic E-state index is 12.6. The first kappa shape index (κ1) is 33.7. The molecule has 0 saturated carbocycles. The number of rotatable bonds is 12. The molecule has 0 saturated heterocycles. The van der Waals surface area contributed by atoms with Crippen LogP contribution in [0.4, 0.5) is 9.59 Å². The maximum atomic E-state index is 12.6. The lowest BCUT2D eigenvalue weighted by Gasteiger charge is -2.29. The third kappa shape index (κ3) is 8.74. The molecule has 0 bridgehead atoms. The Kier molecular flexibility index (Phi) is 11.8. The highest BCUT2D eigenvalue weighted by Gasteiger charge is 2.32. The van der Waals surface area contributed by atoms with E-state index in [1.54, 1.807) is 14.1 Å². The van der Waals surface area contributed by atoms with Crippen LogP contribution in [-0.4, -0.2) is 80.2 Å². The summed E-state index contributed by atoms with van der Waals surface area (Å²) in [5.41, 5.74) is 4.32. The Labute approximate surface area is 266 Å². The van der Waals surface area contributed by atoms with Crippen LogP contribution in [0.15, 0.2) is 60.7 Å². The Hall–Kier alpha value is -4.14. The fourth-order valence-corrected chi connectivity index (χ4v) is 6.03. The molecule has 4 rings (SSSR count). The molecule has 2 aliphatic rings. The van der Waals surface area contributed by atoms with Crippen molar-refractivity contribution in [1.82, 2.24) is 9.80 Å². The number of nitrogens with zero attached hydrogens (tertiary/aromatic N) is 2. The molecule has 0 aliphatic heterocycles. The highest BCUT2D eigenvalue weighted by atomic mass is 16.6. The molecule has 45 heavy (non-hydrogen) atoms. The van der Waals surface area contributed by atoms with Gasteiger partial charge in [0.25, 0.3) is 0 Å². The molecule has 2 unspecified atom stereocenters. The normalized spacial score (nSPS) is 19.7. The van der Waals surface area contributed by atoms with E-state index >= 15 is 0 Å². The smallest absolute Gasteiger partial charge is 0.410 e. The summed E-state index contributed by atoms with van der Waals surface area (Å²) >= 11 is 0. The van der Waals surface area contributed by atoms with E-state index in [1.807, 2.05) is 50.3 Å². The fraction of sp³-hybridized carbons (Fsp3) is 0.500. The van der Waals surface area contributed by atoms with Crippen molar-refractivity contribution in [2.24, 2.45) is 5.41 Å². The number of hydrogen-bond acceptors (Lipinski definition) is 7. The minimum atomic E-state index is -0.531. The molecule has 2 aromatic rings. The summed E-state index contributed by atoms with van der Waals surface area (Å²) in [6.45, 7) is 4.78. The van der Waals surface area contributed by atoms with Crippen LogP contribution < -0.4 is 0 Å². The number of Topliss-reactive ketones (excluding diaryl/α,β-unsaturated/α-hetero) is 1. The number of fused-ring (bicyclic) bond motifs is 3. The fourth-order valence-electron chi connectivity index (χ4n) is 6.03. The zero-order valence-electron chi connectivity index (χ0n) is 27.0. The van der Waals surface area contributed by atoms with Crippen LogP contribution in [0, 0.1) is 5.41 Å². The summed E-state index contributed by atoms with van der Waals surface area (Å²) in [5.74, 6) is -0.0603. The van der Waals surface area contributed by atoms with Gasteiger partial charge in [-0.2, -0.15) is 0 Å². The Morgan fingerprint density at radius 2 is 1.51 bits per heavy atom. The highest BCUT2D eigenvalue weighted by Crippen LogP contribution is 2.44. The van der Waals surface area contributed by atoms with E-state index in [0.29, 0.717) is 25.7 Å². The molecule has 2 aliphatic carbocycles. The summed E-state index contributed by atoms with van der Waals surface area (Å²) in [6.07, 6.45) is 6.36. The minimum absolute atomic E-state index is 0.00488. The number of carbonyl (C=O) groups is 4. The number of benzene rings is 2. The number of ether oxygens (including phenoxy) is 3. The van der Waals surface area contributed by atoms with Crippen molar-refractivity contribution < 1.29 is 33.4 Å². The molecule has 2 aromatic carbocycles. The van der Waals surface area contributed by atoms with Crippen LogP contribution in [0.2, 0.25) is 0 Å². The molecule has 9 nitrogen and oxygen atoms in total. The van der Waals surface area contributed by atoms with Gasteiger partial charge in [-0.1, -0.05) is 68.5 Å². The van der Waals surface area contributed by atoms with Crippen molar-refractivity contribution in [3.63, 3.8) is 0 Å². The second-order valence-electron chi connectivity index (χ2n) is 12.3. The number of ketones is 1. The molecule has 242 valence electrons. The van der Waals surface area contributed by atoms with E-state index < -0.39 is 12.2 Å². The summed E-state index contributed by atoms with van der Waals surface area (Å²) in [6, 6.07) is 16.4. The Morgan fingerprint density at radius 1 is 0.889 bits per heavy atom. The lowest BCUT2D eigenvalue weighted by molar-refractivity contribution is -0.144. The first-order chi connectivity index (χ1) is 21.6. The van der Waals surface area contributed by atoms with Gasteiger partial charge in [0.15, 0.2) is 0 Å². The maximum Gasteiger partial charge on any atom is 0.410 e. The first-order valence-corrected chi connectivity index (χ1v) is 16.0. The number of carbonyl (C=O) groups excluding carboxylic acids is 4. The molecule has 2 atom stereocenters. The predicted octanol–water partition coefficient (Wildman–Crippen LogP) is 6.74. The van der Waals surface area contributed by atoms with E-state index in [0.717, 1.165) is 24.0 Å². The molecule has 0 fully saturated rings. The molecule has 0 spiro atoms. The molecular weight excluding hydrogens is 572 g/mol. The van der Waals surface area contributed by atoms with Gasteiger partial charge in [0.05, 0.1) is 6.61 Å². The van der Waals surface area contributed by atoms with Crippen molar-refractivity contribution in [2.45, 2.75) is 70.8 Å². The number of allylic oxidation sites excluding steroid dienone is 1. The van der Waals surface area contributed by atoms with Gasteiger partial charge in [-0.25, -0.2) is 9.59 Å². The van der Waals surface area contributed by atoms with Crippen molar-refractivity contribution in [2.75, 3.05) is 40.4 Å². The largest absolute Gasteiger partial charge is 0.465 e. The van der Waals surface area contributed by atoms with Crippen LogP contribution in [0.1, 0.15) is 75.8 Å². The van der Waals surface area contributed by atoms with E-state index in [-0.39, 0.29) is 61.9 Å². The van der Waals surface area contributed by atoms with Gasteiger partial charge in [-0.15, -0.1) is 0 Å². The molecule has 0 aromatic heterocycles. The monoisotopic (exact) mass is 618 g/mol. The van der Waals surface area contributed by atoms with Crippen molar-refractivity contribution in [1.29, 1.82) is 0 Å². The summed E-state index contributed by atoms with van der Waals surface area (Å²) in [7, 11) is 3.22. The lowest BCUT2D eigenvalue weighted by Crippen LogP contribution is -2.39. The predicted molar refractivity (Wildman–Crippen MR) is 172 cm³/mol. The average Bonchev–Trinajstić information content (AvgIpc) is 3.36. The van der Waals surface area contributed by atoms with E-state index in [9.17, 15) is 19.2 Å². The summed E-state index contributed by atoms with van der Waals surface area (Å²) in [5, 5.41) is 0. The van der Waals surface area contributed by atoms with Crippen LogP contribution in [-0.2, 0) is 23.8 Å². The molecule has 2 amide bonds. The van der Waals surface area contributed by atoms with Crippen LogP contribution in [0.3, 0.4) is 0 Å². The van der Waals surface area contributed by atoms with E-state index in [1.165, 1.54) is 20.9 Å². The van der Waals surface area contributed by atoms with Gasteiger partial charge in [0, 0.05) is 51.4 Å². The zero-order valence-corrected chi connectivity index (χ0v) is 27.0. The summed E-state index contributed by atoms with van der Waals surface area (Å²) < 4.78 is 16.6. The first-order valence-electron chi connectivity index (χ1n) is 16.0. The molecule has 9 heteroatoms. The highest BCUT2D eigenvalue weighted by molar-refractivity contribution is 5.84. The van der Waals surface area contributed by atoms with Crippen LogP contribution >= 0.6 is 0 Å². The SMILES string of the molecule is CCC(=O)C1(C)C/C=C/C(OC(=O)N(C)CCN(C)C(=O)OCCCC(=O)OCC2c3ccccc3-c3ccccc32)CCC1. The van der Waals surface area contributed by atoms with Gasteiger partial charge in [-0.05, 0) is 60.4 Å². The zero-order chi connectivity index (χ0) is 32.4. The lowest BCUT2D eigenvalue weighted by atomic mass is 9.75. The third-order valence-electron chi connectivity index (χ3n) is 8.90. The number of likely N-dealkylation sites (N-methyl/N-ethyl adjacent to an activating group) is 2. The molecular formula is C36H46N2O7. The quantitative estimate of drug-likeness (QED) is 0.112. The van der Waals surface area contributed by atoms with Crippen molar-refractivity contribution >= 4 is 23.9 Å². The Bertz CT molecular complexity index is 1340. The van der Waals surface area contributed by atoms with Crippen LogP contribution in [0.5, 0.6) is 0 Å². The van der Waals surface area contributed by atoms with Gasteiger partial charge < -0.3 is 24.0 Å². The van der Waals surface area contributed by atoms with E-state index in [2.05, 4.69) is 24.3 Å². The second-order valence-corrected chi connectivity index (χ2v) is 12.3. The average molecular weight is 619 g/mol. The molecule has 0 heterocycles. The van der Waals surface area contributed by atoms with Gasteiger partial charge in [-0.3, -0.25) is 9.59 Å².